The Balaban J connectivity index is 3.14. The lowest BCUT2D eigenvalue weighted by Crippen LogP contribution is -2.42. The van der Waals surface area contributed by atoms with Gasteiger partial charge in [-0.15, -0.1) is 0 Å². The first-order valence-corrected chi connectivity index (χ1v) is 12.3. The maximum Gasteiger partial charge on any atom is 0.193 e. The molecule has 0 bridgehead atoms. The van der Waals surface area contributed by atoms with E-state index in [1.807, 2.05) is 38.1 Å². The van der Waals surface area contributed by atoms with E-state index in [-0.39, 0.29) is 16.4 Å². The molecule has 3 nitrogen and oxygen atoms in total. The summed E-state index contributed by atoms with van der Waals surface area (Å²) in [7, 11) is -3.25. The van der Waals surface area contributed by atoms with Crippen molar-refractivity contribution < 1.29 is 8.63 Å². The van der Waals surface area contributed by atoms with E-state index in [0.717, 1.165) is 5.56 Å². The van der Waals surface area contributed by atoms with Gasteiger partial charge in [-0.2, -0.15) is 4.40 Å². The largest absolute Gasteiger partial charge is 0.405 e. The molecule has 0 fully saturated rings. The van der Waals surface area contributed by atoms with Gasteiger partial charge in [0.1, 0.15) is 17.1 Å². The Morgan fingerprint density at radius 1 is 1.30 bits per heavy atom. The highest BCUT2D eigenvalue weighted by Gasteiger charge is 2.39. The molecule has 0 N–H and O–H groups in total. The Labute approximate surface area is 149 Å². The summed E-state index contributed by atoms with van der Waals surface area (Å²) in [6.45, 7) is 14.7. The van der Waals surface area contributed by atoms with Crippen molar-refractivity contribution in [1.29, 1.82) is 0 Å². The molecule has 0 saturated heterocycles. The number of benzene rings is 1. The molecule has 0 amide bonds. The van der Waals surface area contributed by atoms with E-state index in [0.29, 0.717) is 5.02 Å². The van der Waals surface area contributed by atoms with Crippen LogP contribution in [0.1, 0.15) is 46.3 Å². The van der Waals surface area contributed by atoms with E-state index in [1.165, 1.54) is 0 Å². The van der Waals surface area contributed by atoms with Gasteiger partial charge in [-0.25, -0.2) is 4.21 Å². The fourth-order valence-corrected chi connectivity index (χ4v) is 3.46. The van der Waals surface area contributed by atoms with Crippen LogP contribution in [0.4, 0.5) is 0 Å². The molecule has 0 radical (unpaired) electrons. The molecule has 2 atom stereocenters. The maximum atomic E-state index is 12.0. The van der Waals surface area contributed by atoms with E-state index < -0.39 is 19.3 Å². The van der Waals surface area contributed by atoms with Crippen molar-refractivity contribution in [3.05, 3.63) is 34.9 Å². The number of hydrogen-bond donors (Lipinski definition) is 0. The molecule has 23 heavy (non-hydrogen) atoms. The van der Waals surface area contributed by atoms with Crippen molar-refractivity contribution in [2.45, 2.75) is 64.1 Å². The van der Waals surface area contributed by atoms with Gasteiger partial charge in [0.25, 0.3) is 0 Å². The minimum Gasteiger partial charge on any atom is -0.405 e. The SMILES string of the molecule is CC(C)[S@@](=O)N=C[C@H](O[Si](C)(C)C(C)(C)C)c1cccc(Cl)c1. The van der Waals surface area contributed by atoms with Crippen LogP contribution in [0.3, 0.4) is 0 Å². The van der Waals surface area contributed by atoms with Gasteiger partial charge in [0.05, 0.1) is 5.25 Å². The fraction of sp³-hybridized carbons (Fsp3) is 0.588. The Hall–Kier alpha value is -0.493. The normalized spacial score (nSPS) is 16.0. The standard InChI is InChI=1S/C17H28ClNO2SSi/c1-13(2)22(20)19-12-16(14-9-8-10-15(18)11-14)21-23(6,7)17(3,4)5/h8-13,16H,1-7H3/t16-,22+/m0/s1. The zero-order valence-electron chi connectivity index (χ0n) is 15.1. The van der Waals surface area contributed by atoms with Crippen molar-refractivity contribution in [2.24, 2.45) is 4.40 Å². The summed E-state index contributed by atoms with van der Waals surface area (Å²) in [5.41, 5.74) is 0.937. The lowest BCUT2D eigenvalue weighted by molar-refractivity contribution is 0.251. The first-order valence-electron chi connectivity index (χ1n) is 7.82. The van der Waals surface area contributed by atoms with Gasteiger partial charge in [-0.1, -0.05) is 44.5 Å². The second-order valence-corrected chi connectivity index (χ2v) is 14.3. The highest BCUT2D eigenvalue weighted by molar-refractivity contribution is 7.84. The Kier molecular flexibility index (Phi) is 7.20. The van der Waals surface area contributed by atoms with Crippen molar-refractivity contribution in [3.63, 3.8) is 0 Å². The third kappa shape index (κ3) is 6.14. The molecule has 6 heteroatoms. The highest BCUT2D eigenvalue weighted by Crippen LogP contribution is 2.39. The Bertz CT molecular complexity index is 582. The van der Waals surface area contributed by atoms with Gasteiger partial charge >= 0.3 is 0 Å². The molecule has 1 rings (SSSR count). The molecule has 1 aromatic rings. The summed E-state index contributed by atoms with van der Waals surface area (Å²) in [4.78, 5) is 0. The van der Waals surface area contributed by atoms with E-state index >= 15 is 0 Å². The van der Waals surface area contributed by atoms with Gasteiger partial charge in [-0.3, -0.25) is 0 Å². The number of rotatable bonds is 6. The summed E-state index contributed by atoms with van der Waals surface area (Å²) in [6, 6.07) is 7.57. The minimum absolute atomic E-state index is 0.0147. The van der Waals surface area contributed by atoms with Crippen molar-refractivity contribution in [3.8, 4) is 0 Å². The summed E-state index contributed by atoms with van der Waals surface area (Å²) in [6.07, 6.45) is 1.33. The molecule has 0 heterocycles. The Morgan fingerprint density at radius 2 is 1.91 bits per heavy atom. The second kappa shape index (κ2) is 8.06. The zero-order chi connectivity index (χ0) is 17.8. The first-order chi connectivity index (χ1) is 10.4. The topological polar surface area (TPSA) is 38.7 Å². The molecule has 0 aliphatic carbocycles. The molecule has 0 aliphatic heterocycles. The van der Waals surface area contributed by atoms with Gasteiger partial charge in [0.15, 0.2) is 8.32 Å². The smallest absolute Gasteiger partial charge is 0.193 e. The van der Waals surface area contributed by atoms with Crippen LogP contribution in [0.15, 0.2) is 28.7 Å². The average Bonchev–Trinajstić information content (AvgIpc) is 2.41. The molecular formula is C17H28ClNO2SSi. The summed E-state index contributed by atoms with van der Waals surface area (Å²) in [5, 5.41) is 0.721. The van der Waals surface area contributed by atoms with Crippen LogP contribution < -0.4 is 0 Å². The predicted octanol–water partition coefficient (Wildman–Crippen LogP) is 5.55. The van der Waals surface area contributed by atoms with Crippen molar-refractivity contribution in [2.75, 3.05) is 0 Å². The average molecular weight is 374 g/mol. The van der Waals surface area contributed by atoms with Crippen molar-refractivity contribution in [1.82, 2.24) is 0 Å². The van der Waals surface area contributed by atoms with Gasteiger partial charge < -0.3 is 4.43 Å². The number of nitrogens with zero attached hydrogens (tertiary/aromatic N) is 1. The van der Waals surface area contributed by atoms with Gasteiger partial charge in [-0.05, 0) is 49.7 Å². The predicted molar refractivity (Wildman–Crippen MR) is 104 cm³/mol. The quantitative estimate of drug-likeness (QED) is 0.484. The highest BCUT2D eigenvalue weighted by atomic mass is 35.5. The summed E-state index contributed by atoms with van der Waals surface area (Å²) in [5.74, 6) is 0. The van der Waals surface area contributed by atoms with Gasteiger partial charge in [0.2, 0.25) is 0 Å². The first kappa shape index (κ1) is 20.6. The van der Waals surface area contributed by atoms with Crippen molar-refractivity contribution >= 4 is 37.1 Å². The lowest BCUT2D eigenvalue weighted by Gasteiger charge is -2.38. The van der Waals surface area contributed by atoms with Crippen LogP contribution in [0.2, 0.25) is 23.2 Å². The summed E-state index contributed by atoms with van der Waals surface area (Å²) < 4.78 is 22.6. The van der Waals surface area contributed by atoms with Crippen LogP contribution in [0.5, 0.6) is 0 Å². The van der Waals surface area contributed by atoms with Crippen LogP contribution >= 0.6 is 11.6 Å². The van der Waals surface area contributed by atoms with E-state index in [2.05, 4.69) is 38.3 Å². The third-order valence-electron chi connectivity index (χ3n) is 4.11. The maximum absolute atomic E-state index is 12.0. The van der Waals surface area contributed by atoms with E-state index in [1.54, 1.807) is 6.21 Å². The molecule has 0 aromatic heterocycles. The van der Waals surface area contributed by atoms with E-state index in [9.17, 15) is 4.21 Å². The molecule has 0 unspecified atom stereocenters. The monoisotopic (exact) mass is 373 g/mol. The molecule has 0 saturated carbocycles. The van der Waals surface area contributed by atoms with Crippen LogP contribution in [0, 0.1) is 0 Å². The fourth-order valence-electron chi connectivity index (χ4n) is 1.60. The second-order valence-electron chi connectivity index (χ2n) is 7.43. The molecular weight excluding hydrogens is 346 g/mol. The van der Waals surface area contributed by atoms with Crippen LogP contribution in [0.25, 0.3) is 0 Å². The van der Waals surface area contributed by atoms with E-state index in [4.69, 9.17) is 16.0 Å². The molecule has 0 spiro atoms. The number of hydrogen-bond acceptors (Lipinski definition) is 2. The Morgan fingerprint density at radius 3 is 2.39 bits per heavy atom. The lowest BCUT2D eigenvalue weighted by atomic mass is 10.1. The van der Waals surface area contributed by atoms with Crippen LogP contribution in [-0.4, -0.2) is 24.0 Å². The number of halogens is 1. The van der Waals surface area contributed by atoms with Gasteiger partial charge in [0, 0.05) is 11.2 Å². The molecule has 1 aromatic carbocycles. The molecule has 0 aliphatic rings. The molecule has 130 valence electrons. The zero-order valence-corrected chi connectivity index (χ0v) is 17.7. The summed E-state index contributed by atoms with van der Waals surface area (Å²) >= 11 is 6.11. The minimum atomic E-state index is -2.00. The van der Waals surface area contributed by atoms with Crippen LogP contribution in [-0.2, 0) is 15.4 Å². The third-order valence-corrected chi connectivity index (χ3v) is 9.94.